The van der Waals surface area contributed by atoms with Crippen LogP contribution in [-0.2, 0) is 17.8 Å². The van der Waals surface area contributed by atoms with Crippen molar-refractivity contribution in [2.45, 2.75) is 52.7 Å². The summed E-state index contributed by atoms with van der Waals surface area (Å²) in [5.41, 5.74) is 3.51. The zero-order valence-corrected chi connectivity index (χ0v) is 15.4. The number of phenols is 1. The van der Waals surface area contributed by atoms with Crippen LogP contribution in [0.4, 0.5) is 0 Å². The first kappa shape index (κ1) is 17.3. The van der Waals surface area contributed by atoms with Gasteiger partial charge >= 0.3 is 0 Å². The maximum absolute atomic E-state index is 13.0. The van der Waals surface area contributed by atoms with E-state index < -0.39 is 5.60 Å². The van der Waals surface area contributed by atoms with Crippen LogP contribution in [-0.4, -0.2) is 38.8 Å². The molecule has 1 aliphatic heterocycles. The molecule has 1 aliphatic rings. The highest BCUT2D eigenvalue weighted by atomic mass is 16.5. The van der Waals surface area contributed by atoms with Crippen molar-refractivity contribution in [2.75, 3.05) is 7.05 Å². The molecule has 134 valence electrons. The minimum absolute atomic E-state index is 0.0597. The van der Waals surface area contributed by atoms with Crippen LogP contribution >= 0.6 is 0 Å². The van der Waals surface area contributed by atoms with Crippen molar-refractivity contribution in [2.24, 2.45) is 0 Å². The van der Waals surface area contributed by atoms with E-state index in [4.69, 9.17) is 4.74 Å². The summed E-state index contributed by atoms with van der Waals surface area (Å²) in [5.74, 6) is 1.01. The van der Waals surface area contributed by atoms with E-state index in [0.29, 0.717) is 25.1 Å². The van der Waals surface area contributed by atoms with Crippen LogP contribution in [0.1, 0.15) is 41.3 Å². The van der Waals surface area contributed by atoms with Gasteiger partial charge in [-0.15, -0.1) is 0 Å². The minimum atomic E-state index is -0.914. The molecule has 0 aliphatic carbocycles. The fourth-order valence-corrected chi connectivity index (χ4v) is 3.50. The number of carbonyl (C=O) groups is 1. The number of hydrogen-bond acceptors (Lipinski definition) is 4. The number of aromatic nitrogens is 2. The molecule has 25 heavy (non-hydrogen) atoms. The molecular weight excluding hydrogens is 318 g/mol. The van der Waals surface area contributed by atoms with Crippen LogP contribution in [0, 0.1) is 20.8 Å². The van der Waals surface area contributed by atoms with Gasteiger partial charge in [0.25, 0.3) is 5.91 Å². The highest BCUT2D eigenvalue weighted by Crippen LogP contribution is 2.43. The molecule has 6 nitrogen and oxygen atoms in total. The smallest absolute Gasteiger partial charge is 0.266 e. The van der Waals surface area contributed by atoms with Gasteiger partial charge in [0.15, 0.2) is 5.60 Å². The monoisotopic (exact) mass is 343 g/mol. The SMILES string of the molecule is Cc1c(C)c2c(c(C)c1O)CC[C@](C)(C(=O)N(C)Cc1ccn[nH]1)O2. The molecule has 0 fully saturated rings. The normalized spacial score (nSPS) is 19.2. The molecule has 0 spiro atoms. The third-order valence-electron chi connectivity index (χ3n) is 5.28. The molecule has 0 saturated heterocycles. The zero-order valence-electron chi connectivity index (χ0n) is 15.4. The Morgan fingerprint density at radius 2 is 2.08 bits per heavy atom. The summed E-state index contributed by atoms with van der Waals surface area (Å²) in [5, 5.41) is 17.1. The van der Waals surface area contributed by atoms with E-state index in [1.54, 1.807) is 18.1 Å². The Morgan fingerprint density at radius 1 is 1.36 bits per heavy atom. The second kappa shape index (κ2) is 6.10. The van der Waals surface area contributed by atoms with Crippen LogP contribution in [0.15, 0.2) is 12.3 Å². The fourth-order valence-electron chi connectivity index (χ4n) is 3.50. The van der Waals surface area contributed by atoms with E-state index in [-0.39, 0.29) is 5.91 Å². The summed E-state index contributed by atoms with van der Waals surface area (Å²) in [4.78, 5) is 14.7. The first-order chi connectivity index (χ1) is 11.7. The molecule has 6 heteroatoms. The number of aromatic amines is 1. The number of ether oxygens (including phenoxy) is 1. The maximum Gasteiger partial charge on any atom is 0.266 e. The van der Waals surface area contributed by atoms with Gasteiger partial charge in [-0.1, -0.05) is 0 Å². The topological polar surface area (TPSA) is 78.5 Å². The quantitative estimate of drug-likeness (QED) is 0.898. The number of phenolic OH excluding ortho intramolecular Hbond substituents is 1. The average molecular weight is 343 g/mol. The Morgan fingerprint density at radius 3 is 2.72 bits per heavy atom. The lowest BCUT2D eigenvalue weighted by Crippen LogP contribution is -2.51. The number of aromatic hydroxyl groups is 1. The molecule has 0 unspecified atom stereocenters. The lowest BCUT2D eigenvalue weighted by Gasteiger charge is -2.38. The molecule has 1 aromatic heterocycles. The third kappa shape index (κ3) is 2.86. The van der Waals surface area contributed by atoms with Crippen molar-refractivity contribution in [1.29, 1.82) is 0 Å². The van der Waals surface area contributed by atoms with E-state index in [0.717, 1.165) is 33.7 Å². The van der Waals surface area contributed by atoms with Crippen LogP contribution < -0.4 is 4.74 Å². The summed E-state index contributed by atoms with van der Waals surface area (Å²) < 4.78 is 6.24. The van der Waals surface area contributed by atoms with Crippen molar-refractivity contribution >= 4 is 5.91 Å². The number of benzene rings is 1. The molecule has 2 N–H and O–H groups in total. The Bertz CT molecular complexity index is 814. The Balaban J connectivity index is 1.89. The molecule has 0 bridgehead atoms. The van der Waals surface area contributed by atoms with Crippen molar-refractivity contribution in [1.82, 2.24) is 15.1 Å². The number of nitrogens with zero attached hydrogens (tertiary/aromatic N) is 2. The second-order valence-electron chi connectivity index (χ2n) is 7.11. The molecule has 1 atom stereocenters. The van der Waals surface area contributed by atoms with Gasteiger partial charge in [-0.2, -0.15) is 5.10 Å². The number of likely N-dealkylation sites (N-methyl/N-ethyl adjacent to an activating group) is 1. The molecule has 1 amide bonds. The number of carbonyl (C=O) groups excluding carboxylic acids is 1. The standard InChI is InChI=1S/C19H25N3O3/c1-11-12(2)17-15(13(3)16(11)23)6-8-19(4,25-17)18(24)22(5)10-14-7-9-20-21-14/h7,9,23H,6,8,10H2,1-5H3,(H,20,21)/t19-/m1/s1. The lowest BCUT2D eigenvalue weighted by atomic mass is 9.86. The average Bonchev–Trinajstić information content (AvgIpc) is 3.10. The van der Waals surface area contributed by atoms with Gasteiger partial charge in [0.05, 0.1) is 12.2 Å². The molecule has 1 aromatic carbocycles. The largest absolute Gasteiger partial charge is 0.507 e. The van der Waals surface area contributed by atoms with Gasteiger partial charge in [-0.3, -0.25) is 9.89 Å². The van der Waals surface area contributed by atoms with Crippen molar-refractivity contribution < 1.29 is 14.6 Å². The molecule has 2 heterocycles. The van der Waals surface area contributed by atoms with Crippen LogP contribution in [0.2, 0.25) is 0 Å². The van der Waals surface area contributed by atoms with Gasteiger partial charge in [0, 0.05) is 25.2 Å². The second-order valence-corrected chi connectivity index (χ2v) is 7.11. The molecule has 0 radical (unpaired) electrons. The van der Waals surface area contributed by atoms with E-state index in [1.165, 1.54) is 0 Å². The predicted octanol–water partition coefficient (Wildman–Crippen LogP) is 2.78. The van der Waals surface area contributed by atoms with E-state index >= 15 is 0 Å². The number of H-pyrrole nitrogens is 1. The predicted molar refractivity (Wildman–Crippen MR) is 94.7 cm³/mol. The van der Waals surface area contributed by atoms with Crippen LogP contribution in [0.3, 0.4) is 0 Å². The first-order valence-electron chi connectivity index (χ1n) is 8.49. The highest BCUT2D eigenvalue weighted by molar-refractivity contribution is 5.85. The number of fused-ring (bicyclic) bond motifs is 1. The van der Waals surface area contributed by atoms with Gasteiger partial charge in [-0.25, -0.2) is 0 Å². The first-order valence-corrected chi connectivity index (χ1v) is 8.49. The molecular formula is C19H25N3O3. The summed E-state index contributed by atoms with van der Waals surface area (Å²) in [6, 6.07) is 1.85. The van der Waals surface area contributed by atoms with Crippen molar-refractivity contribution in [3.8, 4) is 11.5 Å². The number of amides is 1. The Hall–Kier alpha value is -2.50. The Labute approximate surface area is 147 Å². The number of hydrogen-bond donors (Lipinski definition) is 2. The maximum atomic E-state index is 13.0. The van der Waals surface area contributed by atoms with Gasteiger partial charge < -0.3 is 14.7 Å². The summed E-state index contributed by atoms with van der Waals surface area (Å²) >= 11 is 0. The van der Waals surface area contributed by atoms with Gasteiger partial charge in [0.1, 0.15) is 11.5 Å². The van der Waals surface area contributed by atoms with Gasteiger partial charge in [0.2, 0.25) is 0 Å². The van der Waals surface area contributed by atoms with E-state index in [2.05, 4.69) is 10.2 Å². The van der Waals surface area contributed by atoms with Crippen molar-refractivity contribution in [3.63, 3.8) is 0 Å². The third-order valence-corrected chi connectivity index (χ3v) is 5.28. The van der Waals surface area contributed by atoms with Gasteiger partial charge in [-0.05, 0) is 56.9 Å². The number of nitrogens with one attached hydrogen (secondary N) is 1. The fraction of sp³-hybridized carbons (Fsp3) is 0.474. The number of rotatable bonds is 3. The summed E-state index contributed by atoms with van der Waals surface area (Å²) in [7, 11) is 1.77. The minimum Gasteiger partial charge on any atom is -0.507 e. The molecule has 3 rings (SSSR count). The summed E-state index contributed by atoms with van der Waals surface area (Å²) in [6.07, 6.45) is 2.95. The van der Waals surface area contributed by atoms with Crippen LogP contribution in [0.25, 0.3) is 0 Å². The lowest BCUT2D eigenvalue weighted by molar-refractivity contribution is -0.147. The summed E-state index contributed by atoms with van der Waals surface area (Å²) in [6.45, 7) is 8.01. The van der Waals surface area contributed by atoms with Crippen molar-refractivity contribution in [3.05, 3.63) is 40.2 Å². The van der Waals surface area contributed by atoms with E-state index in [1.807, 2.05) is 33.8 Å². The Kier molecular flexibility index (Phi) is 4.22. The van der Waals surface area contributed by atoms with E-state index in [9.17, 15) is 9.90 Å². The molecule has 0 saturated carbocycles. The zero-order chi connectivity index (χ0) is 18.4. The van der Waals surface area contributed by atoms with Crippen LogP contribution in [0.5, 0.6) is 11.5 Å². The highest BCUT2D eigenvalue weighted by Gasteiger charge is 2.42. The molecule has 2 aromatic rings.